The van der Waals surface area contributed by atoms with Crippen LogP contribution in [0, 0.1) is 6.92 Å². The highest BCUT2D eigenvalue weighted by Crippen LogP contribution is 2.20. The Morgan fingerprint density at radius 2 is 2.24 bits per heavy atom. The molecule has 0 radical (unpaired) electrons. The van der Waals surface area contributed by atoms with Gasteiger partial charge in [0.05, 0.1) is 11.5 Å². The Labute approximate surface area is 101 Å². The predicted molar refractivity (Wildman–Crippen MR) is 66.5 cm³/mol. The Morgan fingerprint density at radius 3 is 2.94 bits per heavy atom. The predicted octanol–water partition coefficient (Wildman–Crippen LogP) is 0.356. The quantitative estimate of drug-likeness (QED) is 0.792. The highest BCUT2D eigenvalue weighted by molar-refractivity contribution is 7.91. The van der Waals surface area contributed by atoms with E-state index in [1.165, 1.54) is 6.33 Å². The lowest BCUT2D eigenvalue weighted by atomic mass is 10.2. The van der Waals surface area contributed by atoms with Gasteiger partial charge in [0.2, 0.25) is 0 Å². The van der Waals surface area contributed by atoms with Gasteiger partial charge >= 0.3 is 0 Å². The normalized spacial score (nSPS) is 23.2. The minimum absolute atomic E-state index is 0.0817. The standard InChI is InChI=1S/C10H16N4O2S/c1-7-9(11)12-6-13-10(7)14-8-3-2-4-17(15,16)5-8/h6,8H,2-5H2,1H3,(H3,11,12,13,14). The number of sulfone groups is 1. The molecule has 2 rings (SSSR count). The zero-order valence-electron chi connectivity index (χ0n) is 9.68. The van der Waals surface area contributed by atoms with Gasteiger partial charge in [-0.25, -0.2) is 18.4 Å². The van der Waals surface area contributed by atoms with Gasteiger partial charge in [0, 0.05) is 11.6 Å². The maximum absolute atomic E-state index is 11.5. The fourth-order valence-corrected chi connectivity index (χ4v) is 3.58. The molecule has 7 heteroatoms. The van der Waals surface area contributed by atoms with Crippen LogP contribution in [0.2, 0.25) is 0 Å². The van der Waals surface area contributed by atoms with Crippen LogP contribution in [-0.4, -0.2) is 35.9 Å². The van der Waals surface area contributed by atoms with Crippen molar-refractivity contribution in [1.29, 1.82) is 0 Å². The first-order valence-electron chi connectivity index (χ1n) is 5.52. The molecule has 1 aromatic rings. The van der Waals surface area contributed by atoms with Gasteiger partial charge in [-0.3, -0.25) is 0 Å². The number of hydrogen-bond donors (Lipinski definition) is 2. The number of nitrogens with zero attached hydrogens (tertiary/aromatic N) is 2. The van der Waals surface area contributed by atoms with E-state index in [4.69, 9.17) is 5.73 Å². The zero-order valence-corrected chi connectivity index (χ0v) is 10.5. The number of hydrogen-bond acceptors (Lipinski definition) is 6. The largest absolute Gasteiger partial charge is 0.383 e. The molecule has 1 aliphatic rings. The van der Waals surface area contributed by atoms with E-state index in [2.05, 4.69) is 15.3 Å². The maximum Gasteiger partial charge on any atom is 0.152 e. The summed E-state index contributed by atoms with van der Waals surface area (Å²) in [6.07, 6.45) is 2.91. The number of nitrogen functional groups attached to an aromatic ring is 1. The molecule has 0 spiro atoms. The molecule has 0 aliphatic carbocycles. The first-order valence-corrected chi connectivity index (χ1v) is 7.34. The molecule has 1 fully saturated rings. The van der Waals surface area contributed by atoms with Crippen molar-refractivity contribution in [2.75, 3.05) is 22.6 Å². The Kier molecular flexibility index (Phi) is 3.19. The van der Waals surface area contributed by atoms with Crippen molar-refractivity contribution in [3.63, 3.8) is 0 Å². The summed E-state index contributed by atoms with van der Waals surface area (Å²) in [5, 5.41) is 3.14. The van der Waals surface area contributed by atoms with Gasteiger partial charge in [-0.1, -0.05) is 0 Å². The minimum Gasteiger partial charge on any atom is -0.383 e. The molecule has 1 saturated heterocycles. The molecular formula is C10H16N4O2S. The van der Waals surface area contributed by atoms with Crippen LogP contribution in [0.1, 0.15) is 18.4 Å². The highest BCUT2D eigenvalue weighted by Gasteiger charge is 2.25. The lowest BCUT2D eigenvalue weighted by molar-refractivity contribution is 0.561. The summed E-state index contributed by atoms with van der Waals surface area (Å²) in [4.78, 5) is 7.95. The van der Waals surface area contributed by atoms with E-state index >= 15 is 0 Å². The molecular weight excluding hydrogens is 240 g/mol. The van der Waals surface area contributed by atoms with E-state index in [0.717, 1.165) is 12.0 Å². The molecule has 0 saturated carbocycles. The first-order chi connectivity index (χ1) is 7.98. The average Bonchev–Trinajstić information content (AvgIpc) is 2.23. The molecule has 94 valence electrons. The van der Waals surface area contributed by atoms with Crippen LogP contribution in [0.15, 0.2) is 6.33 Å². The van der Waals surface area contributed by atoms with E-state index in [1.807, 2.05) is 6.92 Å². The number of anilines is 2. The van der Waals surface area contributed by atoms with Crippen molar-refractivity contribution in [3.8, 4) is 0 Å². The average molecular weight is 256 g/mol. The van der Waals surface area contributed by atoms with E-state index in [9.17, 15) is 8.42 Å². The third kappa shape index (κ3) is 2.85. The van der Waals surface area contributed by atoms with Crippen molar-refractivity contribution >= 4 is 21.5 Å². The number of nitrogens with two attached hydrogens (primary N) is 1. The summed E-state index contributed by atoms with van der Waals surface area (Å²) in [5.41, 5.74) is 6.43. The summed E-state index contributed by atoms with van der Waals surface area (Å²) in [6, 6.07) is -0.0817. The van der Waals surface area contributed by atoms with Gasteiger partial charge in [0.15, 0.2) is 9.84 Å². The molecule has 0 aromatic carbocycles. The minimum atomic E-state index is -2.91. The van der Waals surface area contributed by atoms with Crippen LogP contribution in [0.3, 0.4) is 0 Å². The molecule has 1 unspecified atom stereocenters. The monoisotopic (exact) mass is 256 g/mol. The Balaban J connectivity index is 2.13. The van der Waals surface area contributed by atoms with Crippen LogP contribution in [-0.2, 0) is 9.84 Å². The lowest BCUT2D eigenvalue weighted by Gasteiger charge is -2.24. The van der Waals surface area contributed by atoms with Crippen molar-refractivity contribution in [2.24, 2.45) is 0 Å². The Morgan fingerprint density at radius 1 is 1.47 bits per heavy atom. The maximum atomic E-state index is 11.5. The molecule has 1 atom stereocenters. The summed E-state index contributed by atoms with van der Waals surface area (Å²) >= 11 is 0. The van der Waals surface area contributed by atoms with Gasteiger partial charge in [-0.15, -0.1) is 0 Å². The summed E-state index contributed by atoms with van der Waals surface area (Å²) < 4.78 is 23.0. The Hall–Kier alpha value is -1.37. The van der Waals surface area contributed by atoms with Crippen LogP contribution < -0.4 is 11.1 Å². The summed E-state index contributed by atoms with van der Waals surface area (Å²) in [6.45, 7) is 1.81. The fourth-order valence-electron chi connectivity index (χ4n) is 1.94. The van der Waals surface area contributed by atoms with E-state index in [0.29, 0.717) is 18.1 Å². The molecule has 0 amide bonds. The second kappa shape index (κ2) is 4.48. The van der Waals surface area contributed by atoms with Crippen LogP contribution in [0.25, 0.3) is 0 Å². The molecule has 0 bridgehead atoms. The summed E-state index contributed by atoms with van der Waals surface area (Å²) in [5.74, 6) is 1.49. The highest BCUT2D eigenvalue weighted by atomic mass is 32.2. The van der Waals surface area contributed by atoms with E-state index in [-0.39, 0.29) is 17.5 Å². The van der Waals surface area contributed by atoms with Crippen molar-refractivity contribution < 1.29 is 8.42 Å². The molecule has 1 aromatic heterocycles. The van der Waals surface area contributed by atoms with E-state index < -0.39 is 9.84 Å². The van der Waals surface area contributed by atoms with Crippen molar-refractivity contribution in [1.82, 2.24) is 9.97 Å². The molecule has 3 N–H and O–H groups in total. The van der Waals surface area contributed by atoms with E-state index in [1.54, 1.807) is 0 Å². The van der Waals surface area contributed by atoms with Crippen LogP contribution in [0.4, 0.5) is 11.6 Å². The smallest absolute Gasteiger partial charge is 0.152 e. The Bertz CT molecular complexity index is 515. The molecule has 2 heterocycles. The van der Waals surface area contributed by atoms with Gasteiger partial charge < -0.3 is 11.1 Å². The summed E-state index contributed by atoms with van der Waals surface area (Å²) in [7, 11) is -2.91. The van der Waals surface area contributed by atoms with Gasteiger partial charge in [-0.05, 0) is 19.8 Å². The zero-order chi connectivity index (χ0) is 12.5. The van der Waals surface area contributed by atoms with Crippen molar-refractivity contribution in [2.45, 2.75) is 25.8 Å². The molecule has 17 heavy (non-hydrogen) atoms. The third-order valence-corrected chi connectivity index (χ3v) is 4.75. The SMILES string of the molecule is Cc1c(N)ncnc1NC1CCCS(=O)(=O)C1. The topological polar surface area (TPSA) is 98.0 Å². The number of rotatable bonds is 2. The van der Waals surface area contributed by atoms with Crippen LogP contribution in [0.5, 0.6) is 0 Å². The molecule has 1 aliphatic heterocycles. The van der Waals surface area contributed by atoms with Gasteiger partial charge in [0.25, 0.3) is 0 Å². The van der Waals surface area contributed by atoms with Gasteiger partial charge in [0.1, 0.15) is 18.0 Å². The van der Waals surface area contributed by atoms with Crippen molar-refractivity contribution in [3.05, 3.63) is 11.9 Å². The lowest BCUT2D eigenvalue weighted by Crippen LogP contribution is -2.35. The van der Waals surface area contributed by atoms with Crippen LogP contribution >= 0.6 is 0 Å². The molecule has 6 nitrogen and oxygen atoms in total. The first kappa shape index (κ1) is 12.1. The third-order valence-electron chi connectivity index (χ3n) is 2.93. The number of aromatic nitrogens is 2. The second-order valence-corrected chi connectivity index (χ2v) is 6.56. The van der Waals surface area contributed by atoms with Gasteiger partial charge in [-0.2, -0.15) is 0 Å². The number of nitrogens with one attached hydrogen (secondary N) is 1. The fraction of sp³-hybridized carbons (Fsp3) is 0.600. The second-order valence-electron chi connectivity index (χ2n) is 4.33.